The minimum atomic E-state index is -1.19. The van der Waals surface area contributed by atoms with Gasteiger partial charge in [0, 0.05) is 62.3 Å². The van der Waals surface area contributed by atoms with Crippen molar-refractivity contribution in [2.75, 3.05) is 69.5 Å². The van der Waals surface area contributed by atoms with Crippen LogP contribution in [0.5, 0.6) is 5.75 Å². The number of likely N-dealkylation sites (N-methyl/N-ethyl adjacent to an activating group) is 7. The fourth-order valence-corrected chi connectivity index (χ4v) is 9.91. The predicted octanol–water partition coefficient (Wildman–Crippen LogP) is 2.98. The minimum absolute atomic E-state index is 0.0322. The lowest BCUT2D eigenvalue weighted by atomic mass is 9.93. The summed E-state index contributed by atoms with van der Waals surface area (Å²) in [7, 11) is 12.0. The molecular formula is C53H87N9O10. The molecule has 2 heterocycles. The van der Waals surface area contributed by atoms with Gasteiger partial charge < -0.3 is 49.3 Å². The Hall–Kier alpha value is -5.75. The number of rotatable bonds is 10. The maximum Gasteiger partial charge on any atom is 0.246 e. The highest BCUT2D eigenvalue weighted by atomic mass is 16.5. The van der Waals surface area contributed by atoms with Gasteiger partial charge >= 0.3 is 0 Å². The molecule has 0 bridgehead atoms. The lowest BCUT2D eigenvalue weighted by molar-refractivity contribution is -0.157. The lowest BCUT2D eigenvalue weighted by Crippen LogP contribution is -2.62. The minimum Gasteiger partial charge on any atom is -0.497 e. The third kappa shape index (κ3) is 14.3. The maximum absolute atomic E-state index is 14.9. The van der Waals surface area contributed by atoms with Crippen molar-refractivity contribution >= 4 is 53.2 Å². The molecule has 19 nitrogen and oxygen atoms in total. The molecule has 0 spiro atoms. The van der Waals surface area contributed by atoms with Crippen LogP contribution in [0.3, 0.4) is 0 Å². The summed E-state index contributed by atoms with van der Waals surface area (Å²) < 4.78 is 5.35. The Morgan fingerprint density at radius 1 is 0.597 bits per heavy atom. The van der Waals surface area contributed by atoms with Crippen LogP contribution in [0.25, 0.3) is 0 Å². The van der Waals surface area contributed by atoms with Gasteiger partial charge in [-0.25, -0.2) is 0 Å². The Kier molecular flexibility index (Phi) is 22.1. The van der Waals surface area contributed by atoms with E-state index in [9.17, 15) is 43.2 Å². The first-order valence-corrected chi connectivity index (χ1v) is 25.6. The van der Waals surface area contributed by atoms with Crippen molar-refractivity contribution in [3.8, 4) is 5.75 Å². The summed E-state index contributed by atoms with van der Waals surface area (Å²) in [5.41, 5.74) is 0.688. The second kappa shape index (κ2) is 26.3. The number of hydrogen-bond acceptors (Lipinski definition) is 10. The van der Waals surface area contributed by atoms with Crippen molar-refractivity contribution in [2.24, 2.45) is 23.7 Å². The molecule has 1 aromatic rings. The first-order chi connectivity index (χ1) is 33.5. The van der Waals surface area contributed by atoms with Gasteiger partial charge in [0.25, 0.3) is 0 Å². The molecule has 0 radical (unpaired) electrons. The van der Waals surface area contributed by atoms with Gasteiger partial charge in [0.05, 0.1) is 13.7 Å². The molecule has 0 aliphatic carbocycles. The van der Waals surface area contributed by atoms with E-state index in [-0.39, 0.29) is 43.6 Å². The number of fused-ring (bicyclic) bond motifs is 1. The average molecular weight is 1010 g/mol. The largest absolute Gasteiger partial charge is 0.497 e. The highest BCUT2D eigenvalue weighted by Gasteiger charge is 2.45. The smallest absolute Gasteiger partial charge is 0.246 e. The molecule has 1 aromatic carbocycles. The maximum atomic E-state index is 14.9. The van der Waals surface area contributed by atoms with Crippen molar-refractivity contribution in [1.29, 1.82) is 0 Å². The normalized spacial score (nSPS) is 26.7. The molecular weight excluding hydrogens is 923 g/mol. The quantitative estimate of drug-likeness (QED) is 0.364. The zero-order valence-corrected chi connectivity index (χ0v) is 46.6. The SMILES string of the molecule is CC[C@H](C)[C@H]1C(=O)N(C)[C@@H](C)C(=O)N(C)CC(=O)N(C)[C@@H](CC(C)C)C(=O)N2CCC[C@H]2C(=O)N(C)[C@@H](Cc2ccc(OC)cc2)C(=O)N[C@@H](C)C(=O)N(C)[C@@H](C(C)C)C(=O)N(C)[C@@H](CC(C)C)C(=O)N1C. The Morgan fingerprint density at radius 3 is 1.62 bits per heavy atom. The van der Waals surface area contributed by atoms with E-state index >= 15 is 0 Å². The van der Waals surface area contributed by atoms with E-state index in [2.05, 4.69) is 5.32 Å². The van der Waals surface area contributed by atoms with Gasteiger partial charge in [0.1, 0.15) is 54.1 Å². The zero-order chi connectivity index (χ0) is 54.8. The molecule has 9 atom stereocenters. The molecule has 0 unspecified atom stereocenters. The number of carbonyl (C=O) groups is 9. The fourth-order valence-electron chi connectivity index (χ4n) is 9.91. The van der Waals surface area contributed by atoms with Crippen LogP contribution < -0.4 is 10.1 Å². The van der Waals surface area contributed by atoms with Crippen molar-refractivity contribution < 1.29 is 47.9 Å². The van der Waals surface area contributed by atoms with E-state index in [1.54, 1.807) is 45.0 Å². The summed E-state index contributed by atoms with van der Waals surface area (Å²) >= 11 is 0. The third-order valence-corrected chi connectivity index (χ3v) is 14.8. The Labute approximate surface area is 429 Å². The molecule has 0 saturated carbocycles. The van der Waals surface area contributed by atoms with E-state index in [0.717, 1.165) is 0 Å². The van der Waals surface area contributed by atoms with Crippen LogP contribution in [0.4, 0.5) is 0 Å². The molecule has 0 aromatic heterocycles. The van der Waals surface area contributed by atoms with Crippen LogP contribution in [0, 0.1) is 23.7 Å². The topological polar surface area (TPSA) is 201 Å². The van der Waals surface area contributed by atoms with E-state index in [1.807, 2.05) is 41.5 Å². The first kappa shape index (κ1) is 60.6. The number of nitrogens with one attached hydrogen (secondary N) is 1. The Balaban J connectivity index is 2.26. The number of nitrogens with zero attached hydrogens (tertiary/aromatic N) is 8. The highest BCUT2D eigenvalue weighted by Crippen LogP contribution is 2.27. The van der Waals surface area contributed by atoms with Gasteiger partial charge in [-0.2, -0.15) is 0 Å². The van der Waals surface area contributed by atoms with Crippen LogP contribution in [0.1, 0.15) is 107 Å². The van der Waals surface area contributed by atoms with Crippen molar-refractivity contribution in [2.45, 2.75) is 156 Å². The standard InChI is InChI=1S/C53H87N9O10/c1-19-34(8)45-53(71)56(12)36(10)48(66)55(11)30-43(63)57(13)42(28-32(4)5)51(69)62-26-20-21-39(62)49(67)58(14)40(29-37-22-24-38(72-18)25-23-37)46(64)54-35(9)47(65)60(16)44(33(6)7)52(70)59(15)41(27-31(2)3)50(68)61(45)17/h22-25,31-36,39-42,44-45H,19-21,26-30H2,1-18H3,(H,54,64)/t34-,35-,36-,39-,40-,41-,42-,44-,45-/m0/s1. The van der Waals surface area contributed by atoms with Crippen LogP contribution in [-0.4, -0.2) is 210 Å². The molecule has 3 rings (SSSR count). The molecule has 1 N–H and O–H groups in total. The van der Waals surface area contributed by atoms with Gasteiger partial charge in [-0.1, -0.05) is 73.9 Å². The Bertz CT molecular complexity index is 2100. The number of methoxy groups -OCH3 is 1. The molecule has 404 valence electrons. The number of ether oxygens (including phenoxy) is 1. The van der Waals surface area contributed by atoms with Crippen molar-refractivity contribution in [3.05, 3.63) is 29.8 Å². The van der Waals surface area contributed by atoms with E-state index in [4.69, 9.17) is 4.74 Å². The summed E-state index contributed by atoms with van der Waals surface area (Å²) in [4.78, 5) is 142. The van der Waals surface area contributed by atoms with Gasteiger partial charge in [-0.05, 0) is 80.9 Å². The summed E-state index contributed by atoms with van der Waals surface area (Å²) in [6, 6.07) is -1.59. The average Bonchev–Trinajstić information content (AvgIpc) is 3.83. The highest BCUT2D eigenvalue weighted by molar-refractivity contribution is 5.99. The summed E-state index contributed by atoms with van der Waals surface area (Å²) in [6.07, 6.45) is 1.79. The molecule has 9 amide bonds. The van der Waals surface area contributed by atoms with Gasteiger partial charge in [-0.3, -0.25) is 43.2 Å². The number of hydrogen-bond donors (Lipinski definition) is 1. The predicted molar refractivity (Wildman–Crippen MR) is 275 cm³/mol. The summed E-state index contributed by atoms with van der Waals surface area (Å²) in [5, 5.41) is 2.83. The molecule has 2 fully saturated rings. The number of carbonyl (C=O) groups excluding carboxylic acids is 9. The first-order valence-electron chi connectivity index (χ1n) is 25.6. The van der Waals surface area contributed by atoms with Gasteiger partial charge in [0.2, 0.25) is 53.2 Å². The van der Waals surface area contributed by atoms with E-state index < -0.39 is 114 Å². The van der Waals surface area contributed by atoms with Gasteiger partial charge in [0.15, 0.2) is 0 Å². The van der Waals surface area contributed by atoms with E-state index in [0.29, 0.717) is 30.6 Å². The monoisotopic (exact) mass is 1010 g/mol. The van der Waals surface area contributed by atoms with Gasteiger partial charge in [-0.15, -0.1) is 0 Å². The lowest BCUT2D eigenvalue weighted by Gasteiger charge is -2.41. The van der Waals surface area contributed by atoms with Crippen LogP contribution in [-0.2, 0) is 49.6 Å². The van der Waals surface area contributed by atoms with Crippen LogP contribution in [0.15, 0.2) is 24.3 Å². The molecule has 2 aliphatic rings. The van der Waals surface area contributed by atoms with Crippen molar-refractivity contribution in [1.82, 2.24) is 44.5 Å². The number of benzene rings is 1. The molecule has 72 heavy (non-hydrogen) atoms. The molecule has 2 saturated heterocycles. The fraction of sp³-hybridized carbons (Fsp3) is 0.717. The summed E-state index contributed by atoms with van der Waals surface area (Å²) in [5.74, 6) is -5.21. The van der Waals surface area contributed by atoms with Crippen molar-refractivity contribution in [3.63, 3.8) is 0 Å². The molecule has 19 heteroatoms. The second-order valence-electron chi connectivity index (χ2n) is 21.4. The molecule has 2 aliphatic heterocycles. The second-order valence-corrected chi connectivity index (χ2v) is 21.4. The van der Waals surface area contributed by atoms with E-state index in [1.165, 1.54) is 103 Å². The van der Waals surface area contributed by atoms with Crippen LogP contribution >= 0.6 is 0 Å². The van der Waals surface area contributed by atoms with Crippen LogP contribution in [0.2, 0.25) is 0 Å². The Morgan fingerprint density at radius 2 is 1.11 bits per heavy atom. The number of amides is 9. The summed E-state index contributed by atoms with van der Waals surface area (Å²) in [6.45, 7) is 17.8. The zero-order valence-electron chi connectivity index (χ0n) is 46.6. The third-order valence-electron chi connectivity index (χ3n) is 14.8.